The summed E-state index contributed by atoms with van der Waals surface area (Å²) in [4.78, 5) is 8.47. The fourth-order valence-corrected chi connectivity index (χ4v) is 1.48. The van der Waals surface area contributed by atoms with Crippen LogP contribution in [0.3, 0.4) is 0 Å². The molecule has 4 heteroatoms. The van der Waals surface area contributed by atoms with Crippen LogP contribution in [0.5, 0.6) is 0 Å². The second kappa shape index (κ2) is 3.24. The lowest BCUT2D eigenvalue weighted by Crippen LogP contribution is -2.16. The predicted octanol–water partition coefficient (Wildman–Crippen LogP) is 1.65. The van der Waals surface area contributed by atoms with E-state index in [1.165, 1.54) is 0 Å². The minimum atomic E-state index is 0.385. The Morgan fingerprint density at radius 1 is 1.36 bits per heavy atom. The molecule has 0 radical (unpaired) electrons. The molecule has 4 nitrogen and oxygen atoms in total. The zero-order valence-electron chi connectivity index (χ0n) is 8.52. The second-order valence-corrected chi connectivity index (χ2v) is 3.55. The van der Waals surface area contributed by atoms with Gasteiger partial charge in [-0.05, 0) is 5.92 Å². The first-order valence-corrected chi connectivity index (χ1v) is 4.58. The van der Waals surface area contributed by atoms with E-state index < -0.39 is 0 Å². The van der Waals surface area contributed by atoms with Crippen LogP contribution < -0.4 is 5.01 Å². The van der Waals surface area contributed by atoms with Gasteiger partial charge in [0.25, 0.3) is 0 Å². The Morgan fingerprint density at radius 2 is 2.14 bits per heavy atom. The molecule has 1 aliphatic rings. The molecule has 0 spiro atoms. The van der Waals surface area contributed by atoms with Crippen LogP contribution in [-0.4, -0.2) is 22.9 Å². The van der Waals surface area contributed by atoms with Gasteiger partial charge in [0.15, 0.2) is 5.82 Å². The van der Waals surface area contributed by atoms with Gasteiger partial charge in [0, 0.05) is 19.0 Å². The van der Waals surface area contributed by atoms with Crippen molar-refractivity contribution >= 4 is 17.8 Å². The Kier molecular flexibility index (Phi) is 2.06. The molecule has 1 aliphatic heterocycles. The third kappa shape index (κ3) is 1.30. The molecule has 2 rings (SSSR count). The van der Waals surface area contributed by atoms with Crippen LogP contribution in [0.1, 0.15) is 31.0 Å². The maximum absolute atomic E-state index is 4.28. The summed E-state index contributed by atoms with van der Waals surface area (Å²) in [5.41, 5.74) is 2.07. The van der Waals surface area contributed by atoms with Gasteiger partial charge in [-0.15, -0.1) is 5.10 Å². The van der Waals surface area contributed by atoms with E-state index in [4.69, 9.17) is 0 Å². The van der Waals surface area contributed by atoms with Crippen molar-refractivity contribution in [1.29, 1.82) is 0 Å². The smallest absolute Gasteiger partial charge is 0.160 e. The van der Waals surface area contributed by atoms with E-state index in [0.29, 0.717) is 5.92 Å². The van der Waals surface area contributed by atoms with E-state index in [0.717, 1.165) is 17.1 Å². The number of hydrogen-bond acceptors (Lipinski definition) is 4. The number of nitrogens with zero attached hydrogens (tertiary/aromatic N) is 4. The molecule has 0 fully saturated rings. The maximum atomic E-state index is 4.28. The van der Waals surface area contributed by atoms with Crippen LogP contribution in [0.2, 0.25) is 0 Å². The third-order valence-corrected chi connectivity index (χ3v) is 2.16. The van der Waals surface area contributed by atoms with Crippen LogP contribution in [0, 0.1) is 0 Å². The number of hydrogen-bond donors (Lipinski definition) is 0. The molecule has 0 atom stereocenters. The van der Waals surface area contributed by atoms with Gasteiger partial charge >= 0.3 is 0 Å². The molecule has 0 bridgehead atoms. The van der Waals surface area contributed by atoms with Crippen molar-refractivity contribution < 1.29 is 0 Å². The number of rotatable bonds is 1. The van der Waals surface area contributed by atoms with Gasteiger partial charge in [0.1, 0.15) is 6.33 Å². The highest BCUT2D eigenvalue weighted by Crippen LogP contribution is 2.26. The Balaban J connectivity index is 2.63. The topological polar surface area (TPSA) is 41.4 Å². The molecule has 1 aromatic heterocycles. The number of hydrazone groups is 1. The minimum absolute atomic E-state index is 0.385. The van der Waals surface area contributed by atoms with Crippen molar-refractivity contribution in [1.82, 2.24) is 9.97 Å². The quantitative estimate of drug-likeness (QED) is 0.672. The van der Waals surface area contributed by atoms with Crippen molar-refractivity contribution in [3.05, 3.63) is 17.6 Å². The highest BCUT2D eigenvalue weighted by molar-refractivity contribution is 5.86. The molecule has 0 N–H and O–H groups in total. The van der Waals surface area contributed by atoms with Crippen LogP contribution >= 0.6 is 0 Å². The molecule has 0 saturated heterocycles. The summed E-state index contributed by atoms with van der Waals surface area (Å²) in [6.45, 7) is 4.23. The highest BCUT2D eigenvalue weighted by atomic mass is 15.5. The fourth-order valence-electron chi connectivity index (χ4n) is 1.48. The summed E-state index contributed by atoms with van der Waals surface area (Å²) in [5.74, 6) is 4.07. The van der Waals surface area contributed by atoms with Gasteiger partial charge in [-0.2, -0.15) is 0 Å². The van der Waals surface area contributed by atoms with E-state index in [-0.39, 0.29) is 0 Å². The number of fused-ring (bicyclic) bond motifs is 1. The average molecular weight is 188 g/mol. The zero-order chi connectivity index (χ0) is 10.1. The zero-order valence-corrected chi connectivity index (χ0v) is 8.52. The standard InChI is InChI=1S/C10H12N4/c1-7(2)9-8-4-5-13-14(3)10(8)12-6-11-9/h4,6-7H,1-3H3. The van der Waals surface area contributed by atoms with Crippen molar-refractivity contribution in [2.75, 3.05) is 12.1 Å². The van der Waals surface area contributed by atoms with E-state index in [9.17, 15) is 0 Å². The summed E-state index contributed by atoms with van der Waals surface area (Å²) >= 11 is 0. The maximum Gasteiger partial charge on any atom is 0.160 e. The molecule has 1 aromatic rings. The van der Waals surface area contributed by atoms with Crippen LogP contribution in [0.4, 0.5) is 5.82 Å². The summed E-state index contributed by atoms with van der Waals surface area (Å²) in [5, 5.41) is 5.72. The number of anilines is 1. The van der Waals surface area contributed by atoms with Gasteiger partial charge < -0.3 is 0 Å². The summed E-state index contributed by atoms with van der Waals surface area (Å²) in [7, 11) is 1.86. The number of aromatic nitrogens is 2. The summed E-state index contributed by atoms with van der Waals surface area (Å²) in [6, 6.07) is 0. The summed E-state index contributed by atoms with van der Waals surface area (Å²) < 4.78 is 0. The Labute approximate surface area is 83.0 Å². The Bertz CT molecular complexity index is 416. The first kappa shape index (κ1) is 8.91. The fraction of sp³-hybridized carbons (Fsp3) is 0.400. The average Bonchev–Trinajstić information content (AvgIpc) is 2.17. The molecule has 0 saturated carbocycles. The van der Waals surface area contributed by atoms with Crippen molar-refractivity contribution in [3.8, 4) is 0 Å². The highest BCUT2D eigenvalue weighted by Gasteiger charge is 2.16. The van der Waals surface area contributed by atoms with Crippen molar-refractivity contribution in [2.24, 2.45) is 5.10 Å². The van der Waals surface area contributed by atoms with Crippen molar-refractivity contribution in [3.63, 3.8) is 0 Å². The molecule has 0 aromatic carbocycles. The summed E-state index contributed by atoms with van der Waals surface area (Å²) in [6.07, 6.45) is 3.42. The lowest BCUT2D eigenvalue weighted by molar-refractivity contribution is 0.803. The molecule has 72 valence electrons. The largest absolute Gasteiger partial charge is 0.242 e. The second-order valence-electron chi connectivity index (χ2n) is 3.55. The minimum Gasteiger partial charge on any atom is -0.242 e. The van der Waals surface area contributed by atoms with Crippen LogP contribution in [-0.2, 0) is 0 Å². The van der Waals surface area contributed by atoms with E-state index in [2.05, 4.69) is 34.8 Å². The normalized spacial score (nSPS) is 13.6. The Morgan fingerprint density at radius 3 is 2.86 bits per heavy atom. The van der Waals surface area contributed by atoms with Crippen LogP contribution in [0.25, 0.3) is 6.08 Å². The van der Waals surface area contributed by atoms with Gasteiger partial charge in [-0.25, -0.2) is 15.0 Å². The van der Waals surface area contributed by atoms with E-state index in [1.807, 2.05) is 13.1 Å². The van der Waals surface area contributed by atoms with E-state index >= 15 is 0 Å². The van der Waals surface area contributed by atoms with Crippen LogP contribution in [0.15, 0.2) is 11.4 Å². The van der Waals surface area contributed by atoms with Gasteiger partial charge in [0.05, 0.1) is 11.3 Å². The molecule has 0 unspecified atom stereocenters. The molecule has 14 heavy (non-hydrogen) atoms. The molecule has 0 amide bonds. The lowest BCUT2D eigenvalue weighted by Gasteiger charge is -2.18. The third-order valence-electron chi connectivity index (χ3n) is 2.16. The van der Waals surface area contributed by atoms with Gasteiger partial charge in [-0.1, -0.05) is 13.8 Å². The van der Waals surface area contributed by atoms with Gasteiger partial charge in [0.2, 0.25) is 0 Å². The lowest BCUT2D eigenvalue weighted by atomic mass is 10.0. The SMILES string of the molecule is CC(C)c1ncnc2c1C=C=NN2C. The molecular weight excluding hydrogens is 176 g/mol. The first-order chi connectivity index (χ1) is 6.70. The molecule has 2 heterocycles. The Hall–Kier alpha value is -1.67. The molecule has 0 aliphatic carbocycles. The molecular formula is C10H12N4. The van der Waals surface area contributed by atoms with Gasteiger partial charge in [-0.3, -0.25) is 0 Å². The van der Waals surface area contributed by atoms with E-state index in [1.54, 1.807) is 11.3 Å². The van der Waals surface area contributed by atoms with Crippen molar-refractivity contribution in [2.45, 2.75) is 19.8 Å². The first-order valence-electron chi connectivity index (χ1n) is 4.58. The predicted molar refractivity (Wildman–Crippen MR) is 56.4 cm³/mol. The monoisotopic (exact) mass is 188 g/mol.